The zero-order valence-corrected chi connectivity index (χ0v) is 10.9. The summed E-state index contributed by atoms with van der Waals surface area (Å²) >= 11 is 0. The predicted molar refractivity (Wildman–Crippen MR) is 70.7 cm³/mol. The molecule has 2 rings (SSSR count). The number of hydrogen-bond donors (Lipinski definition) is 0. The van der Waals surface area contributed by atoms with Crippen LogP contribution in [0.3, 0.4) is 0 Å². The molecule has 0 saturated heterocycles. The minimum Gasteiger partial charge on any atom is -0.289 e. The van der Waals surface area contributed by atoms with Crippen molar-refractivity contribution in [1.82, 2.24) is 0 Å². The van der Waals surface area contributed by atoms with Crippen LogP contribution in [0.2, 0.25) is 0 Å². The molecule has 0 N–H and O–H groups in total. The lowest BCUT2D eigenvalue weighted by Crippen LogP contribution is -2.06. The summed E-state index contributed by atoms with van der Waals surface area (Å²) in [7, 11) is 0. The van der Waals surface area contributed by atoms with Crippen molar-refractivity contribution >= 4 is 5.78 Å². The zero-order valence-electron chi connectivity index (χ0n) is 10.9. The van der Waals surface area contributed by atoms with Gasteiger partial charge < -0.3 is 0 Å². The molecule has 0 spiro atoms. The van der Waals surface area contributed by atoms with Crippen molar-refractivity contribution in [3.63, 3.8) is 0 Å². The topological polar surface area (TPSA) is 17.1 Å². The number of carbonyl (C=O) groups excluding carboxylic acids is 1. The molecular formula is C16H13F3O. The van der Waals surface area contributed by atoms with Gasteiger partial charge in [-0.1, -0.05) is 43.3 Å². The second kappa shape index (κ2) is 5.49. The maximum Gasteiger partial charge on any atom is 0.416 e. The first kappa shape index (κ1) is 14.3. The van der Waals surface area contributed by atoms with E-state index in [-0.39, 0.29) is 11.3 Å². The number of halogens is 3. The van der Waals surface area contributed by atoms with Crippen LogP contribution in [0.15, 0.2) is 48.5 Å². The van der Waals surface area contributed by atoms with Crippen LogP contribution in [0, 0.1) is 0 Å². The van der Waals surface area contributed by atoms with E-state index in [4.69, 9.17) is 0 Å². The monoisotopic (exact) mass is 278 g/mol. The van der Waals surface area contributed by atoms with Gasteiger partial charge in [-0.2, -0.15) is 13.2 Å². The Morgan fingerprint density at radius 3 is 1.75 bits per heavy atom. The molecular weight excluding hydrogens is 265 g/mol. The highest BCUT2D eigenvalue weighted by Crippen LogP contribution is 2.29. The van der Waals surface area contributed by atoms with Crippen molar-refractivity contribution in [2.24, 2.45) is 0 Å². The van der Waals surface area contributed by atoms with Crippen molar-refractivity contribution in [3.05, 3.63) is 70.8 Å². The zero-order chi connectivity index (χ0) is 14.8. The van der Waals surface area contributed by atoms with Gasteiger partial charge in [0.15, 0.2) is 5.78 Å². The van der Waals surface area contributed by atoms with Gasteiger partial charge in [-0.3, -0.25) is 4.79 Å². The van der Waals surface area contributed by atoms with Crippen LogP contribution >= 0.6 is 0 Å². The van der Waals surface area contributed by atoms with E-state index < -0.39 is 11.7 Å². The molecule has 0 amide bonds. The van der Waals surface area contributed by atoms with Crippen molar-refractivity contribution in [1.29, 1.82) is 0 Å². The first-order chi connectivity index (χ1) is 9.41. The number of rotatable bonds is 3. The van der Waals surface area contributed by atoms with Gasteiger partial charge in [0, 0.05) is 11.1 Å². The number of benzene rings is 2. The minimum atomic E-state index is -4.38. The standard InChI is InChI=1S/C16H13F3O/c1-2-11-3-5-12(6-4-11)15(20)13-7-9-14(10-8-13)16(17,18)19/h3-10H,2H2,1H3. The normalized spacial score (nSPS) is 11.4. The van der Waals surface area contributed by atoms with Crippen LogP contribution < -0.4 is 0 Å². The second-order valence-electron chi connectivity index (χ2n) is 4.45. The Morgan fingerprint density at radius 2 is 1.35 bits per heavy atom. The maximum atomic E-state index is 12.4. The average Bonchev–Trinajstić information content (AvgIpc) is 2.46. The lowest BCUT2D eigenvalue weighted by Gasteiger charge is -2.07. The van der Waals surface area contributed by atoms with E-state index in [0.717, 1.165) is 24.1 Å². The molecule has 0 aliphatic heterocycles. The number of ketones is 1. The van der Waals surface area contributed by atoms with Gasteiger partial charge in [0.25, 0.3) is 0 Å². The van der Waals surface area contributed by atoms with Gasteiger partial charge in [-0.05, 0) is 24.1 Å². The van der Waals surface area contributed by atoms with Crippen LogP contribution in [-0.4, -0.2) is 5.78 Å². The SMILES string of the molecule is CCc1ccc(C(=O)c2ccc(C(F)(F)F)cc2)cc1. The highest BCUT2D eigenvalue weighted by molar-refractivity contribution is 6.08. The smallest absolute Gasteiger partial charge is 0.289 e. The molecule has 0 aliphatic carbocycles. The van der Waals surface area contributed by atoms with Gasteiger partial charge in [0.2, 0.25) is 0 Å². The Kier molecular flexibility index (Phi) is 3.93. The van der Waals surface area contributed by atoms with E-state index in [2.05, 4.69) is 0 Å². The first-order valence-electron chi connectivity index (χ1n) is 6.22. The molecule has 0 bridgehead atoms. The summed E-state index contributed by atoms with van der Waals surface area (Å²) in [6.45, 7) is 2.01. The van der Waals surface area contributed by atoms with Gasteiger partial charge in [0.05, 0.1) is 5.56 Å². The Balaban J connectivity index is 2.24. The van der Waals surface area contributed by atoms with Gasteiger partial charge >= 0.3 is 6.18 Å². The molecule has 0 aliphatic rings. The molecule has 0 aromatic heterocycles. The summed E-state index contributed by atoms with van der Waals surface area (Å²) in [5.41, 5.74) is 1.08. The summed E-state index contributed by atoms with van der Waals surface area (Å²) in [6, 6.07) is 11.3. The molecule has 4 heteroatoms. The quantitative estimate of drug-likeness (QED) is 0.755. The number of hydrogen-bond acceptors (Lipinski definition) is 1. The van der Waals surface area contributed by atoms with Crippen LogP contribution in [0.25, 0.3) is 0 Å². The van der Waals surface area contributed by atoms with Gasteiger partial charge in [-0.15, -0.1) is 0 Å². The summed E-state index contributed by atoms with van der Waals surface area (Å²) in [5, 5.41) is 0. The van der Waals surface area contributed by atoms with Crippen LogP contribution in [-0.2, 0) is 12.6 Å². The molecule has 0 atom stereocenters. The van der Waals surface area contributed by atoms with Crippen molar-refractivity contribution in [3.8, 4) is 0 Å². The van der Waals surface area contributed by atoms with E-state index in [9.17, 15) is 18.0 Å². The van der Waals surface area contributed by atoms with Gasteiger partial charge in [-0.25, -0.2) is 0 Å². The fourth-order valence-electron chi connectivity index (χ4n) is 1.87. The summed E-state index contributed by atoms with van der Waals surface area (Å²) in [6.07, 6.45) is -3.51. The third kappa shape index (κ3) is 3.07. The second-order valence-corrected chi connectivity index (χ2v) is 4.45. The summed E-state index contributed by atoms with van der Waals surface area (Å²) in [5.74, 6) is -0.277. The molecule has 0 unspecified atom stereocenters. The molecule has 20 heavy (non-hydrogen) atoms. The lowest BCUT2D eigenvalue weighted by atomic mass is 10.0. The summed E-state index contributed by atoms with van der Waals surface area (Å²) < 4.78 is 37.3. The number of aryl methyl sites for hydroxylation is 1. The van der Waals surface area contributed by atoms with Crippen LogP contribution in [0.5, 0.6) is 0 Å². The van der Waals surface area contributed by atoms with Crippen molar-refractivity contribution in [2.75, 3.05) is 0 Å². The lowest BCUT2D eigenvalue weighted by molar-refractivity contribution is -0.137. The van der Waals surface area contributed by atoms with E-state index >= 15 is 0 Å². The van der Waals surface area contributed by atoms with Crippen LogP contribution in [0.1, 0.15) is 34.0 Å². The summed E-state index contributed by atoms with van der Waals surface area (Å²) in [4.78, 5) is 12.1. The molecule has 2 aromatic rings. The highest BCUT2D eigenvalue weighted by Gasteiger charge is 2.30. The molecule has 0 radical (unpaired) electrons. The Hall–Kier alpha value is -2.10. The van der Waals surface area contributed by atoms with Gasteiger partial charge in [0.1, 0.15) is 0 Å². The third-order valence-electron chi connectivity index (χ3n) is 3.10. The Labute approximate surface area is 115 Å². The van der Waals surface area contributed by atoms with Crippen molar-refractivity contribution < 1.29 is 18.0 Å². The van der Waals surface area contributed by atoms with E-state index in [1.165, 1.54) is 12.1 Å². The average molecular weight is 278 g/mol. The molecule has 0 fully saturated rings. The first-order valence-corrected chi connectivity index (χ1v) is 6.22. The fraction of sp³-hybridized carbons (Fsp3) is 0.188. The molecule has 0 heterocycles. The van der Waals surface area contributed by atoms with E-state index in [0.29, 0.717) is 5.56 Å². The number of carbonyl (C=O) groups is 1. The molecule has 104 valence electrons. The Morgan fingerprint density at radius 1 is 0.900 bits per heavy atom. The van der Waals surface area contributed by atoms with E-state index in [1.807, 2.05) is 19.1 Å². The largest absolute Gasteiger partial charge is 0.416 e. The maximum absolute atomic E-state index is 12.4. The minimum absolute atomic E-state index is 0.252. The fourth-order valence-corrected chi connectivity index (χ4v) is 1.87. The van der Waals surface area contributed by atoms with Crippen LogP contribution in [0.4, 0.5) is 13.2 Å². The molecule has 0 saturated carbocycles. The molecule has 1 nitrogen and oxygen atoms in total. The third-order valence-corrected chi connectivity index (χ3v) is 3.10. The predicted octanol–water partition coefficient (Wildman–Crippen LogP) is 4.50. The van der Waals surface area contributed by atoms with E-state index in [1.54, 1.807) is 12.1 Å². The Bertz CT molecular complexity index is 595. The van der Waals surface area contributed by atoms with Crippen molar-refractivity contribution in [2.45, 2.75) is 19.5 Å². The molecule has 2 aromatic carbocycles. The number of alkyl halides is 3. The highest BCUT2D eigenvalue weighted by atomic mass is 19.4.